The number of aromatic nitrogens is 1. The van der Waals surface area contributed by atoms with Crippen LogP contribution in [0.2, 0.25) is 0 Å². The summed E-state index contributed by atoms with van der Waals surface area (Å²) in [7, 11) is 0. The molecule has 1 aromatic carbocycles. The number of anilines is 2. The first-order chi connectivity index (χ1) is 12.5. The van der Waals surface area contributed by atoms with E-state index in [1.54, 1.807) is 15.9 Å². The summed E-state index contributed by atoms with van der Waals surface area (Å²) in [6.07, 6.45) is 1.40. The summed E-state index contributed by atoms with van der Waals surface area (Å²) in [6.45, 7) is 3.34. The van der Waals surface area contributed by atoms with Gasteiger partial charge in [0.25, 0.3) is 5.91 Å². The SMILES string of the molecule is CC(=O)N1CCN(C(=O)c2ccnc(Nc3c(F)cccc3F)c2)CC1. The summed E-state index contributed by atoms with van der Waals surface area (Å²) in [5.74, 6) is -1.55. The van der Waals surface area contributed by atoms with Crippen LogP contribution in [0.5, 0.6) is 0 Å². The standard InChI is InChI=1S/C18H18F2N4O2/c1-12(25)23-7-9-24(10-8-23)18(26)13-5-6-21-16(11-13)22-17-14(19)3-2-4-15(17)20/h2-6,11H,7-10H2,1H3,(H,21,22). The van der Waals surface area contributed by atoms with Crippen LogP contribution in [0.1, 0.15) is 17.3 Å². The number of hydrogen-bond donors (Lipinski definition) is 1. The number of para-hydroxylation sites is 1. The lowest BCUT2D eigenvalue weighted by Gasteiger charge is -2.34. The molecule has 136 valence electrons. The van der Waals surface area contributed by atoms with Gasteiger partial charge in [-0.1, -0.05) is 6.07 Å². The Morgan fingerprint density at radius 1 is 1.04 bits per heavy atom. The van der Waals surface area contributed by atoms with Gasteiger partial charge in [-0.05, 0) is 24.3 Å². The summed E-state index contributed by atoms with van der Waals surface area (Å²) in [4.78, 5) is 31.3. The molecule has 1 fully saturated rings. The number of hydrogen-bond acceptors (Lipinski definition) is 4. The number of nitrogens with one attached hydrogen (secondary N) is 1. The van der Waals surface area contributed by atoms with Gasteiger partial charge in [0, 0.05) is 44.9 Å². The number of amides is 2. The summed E-state index contributed by atoms with van der Waals surface area (Å²) >= 11 is 0. The summed E-state index contributed by atoms with van der Waals surface area (Å²) in [5, 5.41) is 2.58. The molecule has 1 aromatic heterocycles. The van der Waals surface area contributed by atoms with Gasteiger partial charge in [0.05, 0.1) is 0 Å². The highest BCUT2D eigenvalue weighted by atomic mass is 19.1. The molecule has 0 unspecified atom stereocenters. The lowest BCUT2D eigenvalue weighted by atomic mass is 10.2. The Morgan fingerprint density at radius 3 is 2.27 bits per heavy atom. The van der Waals surface area contributed by atoms with Gasteiger partial charge in [-0.15, -0.1) is 0 Å². The highest BCUT2D eigenvalue weighted by Crippen LogP contribution is 2.22. The molecular formula is C18H18F2N4O2. The summed E-state index contributed by atoms with van der Waals surface area (Å²) < 4.78 is 27.5. The molecule has 3 rings (SSSR count). The van der Waals surface area contributed by atoms with E-state index in [1.165, 1.54) is 25.3 Å². The maximum Gasteiger partial charge on any atom is 0.254 e. The van der Waals surface area contributed by atoms with Crippen LogP contribution >= 0.6 is 0 Å². The molecule has 2 aromatic rings. The molecule has 0 atom stereocenters. The summed E-state index contributed by atoms with van der Waals surface area (Å²) in [5.41, 5.74) is 0.0372. The Hall–Kier alpha value is -3.03. The molecule has 0 saturated carbocycles. The van der Waals surface area contributed by atoms with Crippen molar-refractivity contribution in [2.24, 2.45) is 0 Å². The molecule has 0 aliphatic carbocycles. The molecule has 2 heterocycles. The molecule has 0 radical (unpaired) electrons. The zero-order chi connectivity index (χ0) is 18.7. The number of rotatable bonds is 3. The predicted molar refractivity (Wildman–Crippen MR) is 92.0 cm³/mol. The highest BCUT2D eigenvalue weighted by Gasteiger charge is 2.23. The molecule has 1 aliphatic heterocycles. The molecular weight excluding hydrogens is 342 g/mol. The number of piperazine rings is 1. The highest BCUT2D eigenvalue weighted by molar-refractivity contribution is 5.95. The van der Waals surface area contributed by atoms with Gasteiger partial charge >= 0.3 is 0 Å². The van der Waals surface area contributed by atoms with Crippen molar-refractivity contribution >= 4 is 23.3 Å². The molecule has 26 heavy (non-hydrogen) atoms. The fraction of sp³-hybridized carbons (Fsp3) is 0.278. The Balaban J connectivity index is 1.73. The van der Waals surface area contributed by atoms with Crippen molar-refractivity contribution in [3.05, 3.63) is 53.7 Å². The normalized spacial score (nSPS) is 14.3. The molecule has 6 nitrogen and oxygen atoms in total. The van der Waals surface area contributed by atoms with Crippen molar-refractivity contribution in [2.45, 2.75) is 6.92 Å². The number of nitrogens with zero attached hydrogens (tertiary/aromatic N) is 3. The first kappa shape index (κ1) is 17.8. The molecule has 0 spiro atoms. The van der Waals surface area contributed by atoms with Crippen LogP contribution in [0.15, 0.2) is 36.5 Å². The van der Waals surface area contributed by atoms with E-state index in [4.69, 9.17) is 0 Å². The zero-order valence-corrected chi connectivity index (χ0v) is 14.2. The second-order valence-corrected chi connectivity index (χ2v) is 5.95. The fourth-order valence-electron chi connectivity index (χ4n) is 2.78. The van der Waals surface area contributed by atoms with Gasteiger partial charge in [0.15, 0.2) is 0 Å². The van der Waals surface area contributed by atoms with Gasteiger partial charge in [-0.2, -0.15) is 0 Å². The van der Waals surface area contributed by atoms with Crippen molar-refractivity contribution in [1.29, 1.82) is 0 Å². The van der Waals surface area contributed by atoms with Crippen molar-refractivity contribution in [2.75, 3.05) is 31.5 Å². The van der Waals surface area contributed by atoms with Crippen LogP contribution in [0.25, 0.3) is 0 Å². The molecule has 1 aliphatic rings. The number of carbonyl (C=O) groups is 2. The Kier molecular flexibility index (Phi) is 5.11. The monoisotopic (exact) mass is 360 g/mol. The van der Waals surface area contributed by atoms with Gasteiger partial charge < -0.3 is 15.1 Å². The minimum Gasteiger partial charge on any atom is -0.339 e. The maximum atomic E-state index is 13.8. The van der Waals surface area contributed by atoms with Crippen LogP contribution in [0.3, 0.4) is 0 Å². The van der Waals surface area contributed by atoms with Crippen molar-refractivity contribution in [1.82, 2.24) is 14.8 Å². The van der Waals surface area contributed by atoms with E-state index in [-0.39, 0.29) is 23.3 Å². The summed E-state index contributed by atoms with van der Waals surface area (Å²) in [6, 6.07) is 6.53. The predicted octanol–water partition coefficient (Wildman–Crippen LogP) is 2.41. The third-order valence-corrected chi connectivity index (χ3v) is 4.23. The topological polar surface area (TPSA) is 65.5 Å². The van der Waals surface area contributed by atoms with Gasteiger partial charge in [0.2, 0.25) is 5.91 Å². The number of carbonyl (C=O) groups excluding carboxylic acids is 2. The maximum absolute atomic E-state index is 13.8. The number of pyridine rings is 1. The second-order valence-electron chi connectivity index (χ2n) is 5.95. The quantitative estimate of drug-likeness (QED) is 0.913. The molecule has 2 amide bonds. The largest absolute Gasteiger partial charge is 0.339 e. The van der Waals surface area contributed by atoms with Crippen molar-refractivity contribution in [3.8, 4) is 0 Å². The first-order valence-electron chi connectivity index (χ1n) is 8.17. The van der Waals surface area contributed by atoms with Crippen LogP contribution < -0.4 is 5.32 Å². The third kappa shape index (κ3) is 3.79. The minimum absolute atomic E-state index is 0.0144. The van der Waals surface area contributed by atoms with Crippen LogP contribution in [0, 0.1) is 11.6 Å². The molecule has 0 bridgehead atoms. The van der Waals surface area contributed by atoms with E-state index in [2.05, 4.69) is 10.3 Å². The molecule has 1 saturated heterocycles. The Bertz CT molecular complexity index is 815. The van der Waals surface area contributed by atoms with Crippen LogP contribution in [-0.4, -0.2) is 52.8 Å². The van der Waals surface area contributed by atoms with Gasteiger partial charge in [0.1, 0.15) is 23.1 Å². The lowest BCUT2D eigenvalue weighted by molar-refractivity contribution is -0.130. The van der Waals surface area contributed by atoms with E-state index in [0.29, 0.717) is 31.7 Å². The van der Waals surface area contributed by atoms with Crippen molar-refractivity contribution < 1.29 is 18.4 Å². The van der Waals surface area contributed by atoms with E-state index < -0.39 is 11.6 Å². The van der Waals surface area contributed by atoms with Crippen LogP contribution in [0.4, 0.5) is 20.3 Å². The number of halogens is 2. The molecule has 8 heteroatoms. The number of benzene rings is 1. The first-order valence-corrected chi connectivity index (χ1v) is 8.17. The third-order valence-electron chi connectivity index (χ3n) is 4.23. The van der Waals surface area contributed by atoms with E-state index >= 15 is 0 Å². The minimum atomic E-state index is -0.746. The Morgan fingerprint density at radius 2 is 1.65 bits per heavy atom. The van der Waals surface area contributed by atoms with E-state index in [1.807, 2.05) is 0 Å². The second kappa shape index (κ2) is 7.47. The van der Waals surface area contributed by atoms with E-state index in [9.17, 15) is 18.4 Å². The Labute approximate surface area is 149 Å². The fourth-order valence-corrected chi connectivity index (χ4v) is 2.78. The van der Waals surface area contributed by atoms with Gasteiger partial charge in [-0.25, -0.2) is 13.8 Å². The van der Waals surface area contributed by atoms with Crippen LogP contribution in [-0.2, 0) is 4.79 Å². The average Bonchev–Trinajstić information content (AvgIpc) is 2.64. The zero-order valence-electron chi connectivity index (χ0n) is 14.2. The lowest BCUT2D eigenvalue weighted by Crippen LogP contribution is -2.50. The average molecular weight is 360 g/mol. The molecule has 1 N–H and O–H groups in total. The van der Waals surface area contributed by atoms with E-state index in [0.717, 1.165) is 12.1 Å². The van der Waals surface area contributed by atoms with Gasteiger partial charge in [-0.3, -0.25) is 9.59 Å². The van der Waals surface area contributed by atoms with Crippen molar-refractivity contribution in [3.63, 3.8) is 0 Å². The smallest absolute Gasteiger partial charge is 0.254 e.